The Morgan fingerprint density at radius 2 is 1.71 bits per heavy atom. The summed E-state index contributed by atoms with van der Waals surface area (Å²) in [6.45, 7) is 2.33. The highest BCUT2D eigenvalue weighted by atomic mass is 15.3. The van der Waals surface area contributed by atoms with E-state index in [2.05, 4.69) is 7.05 Å². The second-order valence-electron chi connectivity index (χ2n) is 2.63. The molecule has 2 heteroatoms. The Balaban J connectivity index is 2.40. The van der Waals surface area contributed by atoms with E-state index in [1.165, 1.54) is 25.9 Å². The van der Waals surface area contributed by atoms with Gasteiger partial charge in [-0.05, 0) is 12.8 Å². The van der Waals surface area contributed by atoms with Gasteiger partial charge in [-0.1, -0.05) is 0 Å². The molecule has 0 spiro atoms. The molecule has 1 fully saturated rings. The van der Waals surface area contributed by atoms with Gasteiger partial charge in [0.05, 0.1) is 13.1 Å². The van der Waals surface area contributed by atoms with Crippen molar-refractivity contribution in [2.24, 2.45) is 0 Å². The van der Waals surface area contributed by atoms with E-state index in [1.807, 2.05) is 0 Å². The fraction of sp³-hybridized carbons (Fsp3) is 1.00. The molecule has 0 saturated carbocycles. The topological polar surface area (TPSA) is 0 Å². The molecule has 1 rings (SSSR count). The standard InChI is InChI=1S/C5H11BN/c1-7(6)4-2-3-5-7/h2-5H2,1H3/q+1. The zero-order valence-corrected chi connectivity index (χ0v) is 4.85. The van der Waals surface area contributed by atoms with Gasteiger partial charge in [0.15, 0.2) is 0 Å². The highest BCUT2D eigenvalue weighted by Crippen LogP contribution is 2.10. The van der Waals surface area contributed by atoms with Gasteiger partial charge >= 0.3 is 7.98 Å². The highest BCUT2D eigenvalue weighted by Gasteiger charge is 2.20. The molecule has 0 amide bonds. The van der Waals surface area contributed by atoms with Crippen molar-refractivity contribution in [3.63, 3.8) is 0 Å². The molecule has 1 heterocycles. The molecule has 1 nitrogen and oxygen atoms in total. The van der Waals surface area contributed by atoms with Crippen molar-refractivity contribution >= 4 is 7.98 Å². The van der Waals surface area contributed by atoms with Crippen molar-refractivity contribution < 1.29 is 4.39 Å². The number of rotatable bonds is 0. The van der Waals surface area contributed by atoms with Gasteiger partial charge in [-0.25, -0.2) is 0 Å². The third-order valence-electron chi connectivity index (χ3n) is 1.59. The predicted octanol–water partition coefficient (Wildman–Crippen LogP) is 0.310. The Kier molecular flexibility index (Phi) is 1.12. The SMILES string of the molecule is [B][N+]1(C)CCCC1. The first-order valence-corrected chi connectivity index (χ1v) is 2.84. The molecule has 0 aromatic rings. The van der Waals surface area contributed by atoms with Crippen LogP contribution in [0.4, 0.5) is 0 Å². The monoisotopic (exact) mass is 96.1 g/mol. The maximum atomic E-state index is 5.72. The lowest BCUT2D eigenvalue weighted by molar-refractivity contribution is -0.781. The molecule has 1 aliphatic heterocycles. The smallest absolute Gasteiger partial charge is 0.399 e. The van der Waals surface area contributed by atoms with Gasteiger partial charge in [0.25, 0.3) is 0 Å². The second kappa shape index (κ2) is 1.51. The van der Waals surface area contributed by atoms with Crippen LogP contribution in [0.2, 0.25) is 0 Å². The van der Waals surface area contributed by atoms with Crippen LogP contribution in [0.1, 0.15) is 12.8 Å². The minimum absolute atomic E-state index is 0.750. The van der Waals surface area contributed by atoms with Gasteiger partial charge in [0, 0.05) is 7.05 Å². The average Bonchev–Trinajstić information content (AvgIpc) is 1.84. The van der Waals surface area contributed by atoms with Crippen molar-refractivity contribution in [1.29, 1.82) is 0 Å². The molecule has 1 aliphatic rings. The third kappa shape index (κ3) is 1.20. The molecule has 1 saturated heterocycles. The number of nitrogens with zero attached hydrogens (tertiary/aromatic N) is 1. The second-order valence-corrected chi connectivity index (χ2v) is 2.63. The van der Waals surface area contributed by atoms with Crippen LogP contribution in [0.25, 0.3) is 0 Å². The quantitative estimate of drug-likeness (QED) is 0.380. The number of likely N-dealkylation sites (tertiary alicyclic amines) is 1. The zero-order chi connectivity index (χ0) is 5.33. The maximum absolute atomic E-state index is 5.72. The van der Waals surface area contributed by atoms with Crippen LogP contribution in [0.15, 0.2) is 0 Å². The van der Waals surface area contributed by atoms with E-state index in [0.717, 1.165) is 4.39 Å². The van der Waals surface area contributed by atoms with Crippen LogP contribution in [-0.4, -0.2) is 32.5 Å². The van der Waals surface area contributed by atoms with E-state index in [4.69, 9.17) is 7.98 Å². The lowest BCUT2D eigenvalue weighted by Crippen LogP contribution is -2.37. The summed E-state index contributed by atoms with van der Waals surface area (Å²) in [7, 11) is 7.79. The number of hydrogen-bond donors (Lipinski definition) is 0. The average molecular weight is 96.0 g/mol. The zero-order valence-electron chi connectivity index (χ0n) is 4.85. The first-order valence-electron chi connectivity index (χ1n) is 2.84. The Bertz CT molecular complexity index is 62.5. The Morgan fingerprint density at radius 3 is 1.86 bits per heavy atom. The normalized spacial score (nSPS) is 28.1. The number of quaternary nitrogens is 1. The summed E-state index contributed by atoms with van der Waals surface area (Å²) in [5, 5.41) is 0. The first-order chi connectivity index (χ1) is 3.21. The molecule has 0 aromatic carbocycles. The fourth-order valence-electron chi connectivity index (χ4n) is 1.06. The molecule has 0 bridgehead atoms. The maximum Gasteiger partial charge on any atom is 0.481 e. The van der Waals surface area contributed by atoms with E-state index in [9.17, 15) is 0 Å². The van der Waals surface area contributed by atoms with Crippen LogP contribution < -0.4 is 0 Å². The molecule has 0 atom stereocenters. The van der Waals surface area contributed by atoms with Crippen LogP contribution in [0.3, 0.4) is 0 Å². The van der Waals surface area contributed by atoms with E-state index < -0.39 is 0 Å². The lowest BCUT2D eigenvalue weighted by Gasteiger charge is -2.22. The van der Waals surface area contributed by atoms with Crippen LogP contribution >= 0.6 is 0 Å². The largest absolute Gasteiger partial charge is 0.481 e. The summed E-state index contributed by atoms with van der Waals surface area (Å²) in [6.07, 6.45) is 2.62. The van der Waals surface area contributed by atoms with Crippen molar-refractivity contribution in [2.75, 3.05) is 20.1 Å². The molecular weight excluding hydrogens is 84.9 g/mol. The molecular formula is C5H11BN+. The third-order valence-corrected chi connectivity index (χ3v) is 1.59. The highest BCUT2D eigenvalue weighted by molar-refractivity contribution is 5.97. The summed E-state index contributed by atoms with van der Waals surface area (Å²) in [5.41, 5.74) is 0. The van der Waals surface area contributed by atoms with Gasteiger partial charge in [-0.3, -0.25) is 0 Å². The molecule has 0 unspecified atom stereocenters. The van der Waals surface area contributed by atoms with Gasteiger partial charge in [0.1, 0.15) is 0 Å². The molecule has 0 aliphatic carbocycles. The van der Waals surface area contributed by atoms with Crippen molar-refractivity contribution in [2.45, 2.75) is 12.8 Å². The summed E-state index contributed by atoms with van der Waals surface area (Å²) in [4.78, 5) is 0. The van der Waals surface area contributed by atoms with E-state index in [0.29, 0.717) is 0 Å². The lowest BCUT2D eigenvalue weighted by atomic mass is 10.2. The first kappa shape index (κ1) is 5.17. The molecule has 2 radical (unpaired) electrons. The fourth-order valence-corrected chi connectivity index (χ4v) is 1.06. The van der Waals surface area contributed by atoms with E-state index >= 15 is 0 Å². The van der Waals surface area contributed by atoms with Gasteiger partial charge in [-0.15, -0.1) is 0 Å². The molecule has 0 N–H and O–H groups in total. The Labute approximate surface area is 46.3 Å². The van der Waals surface area contributed by atoms with Gasteiger partial charge < -0.3 is 4.39 Å². The van der Waals surface area contributed by atoms with E-state index in [1.54, 1.807) is 0 Å². The summed E-state index contributed by atoms with van der Waals surface area (Å²) in [5.74, 6) is 0. The van der Waals surface area contributed by atoms with Crippen LogP contribution in [0.5, 0.6) is 0 Å². The molecule has 0 aromatic heterocycles. The summed E-state index contributed by atoms with van der Waals surface area (Å²) in [6, 6.07) is 0. The number of hydrogen-bond acceptors (Lipinski definition) is 0. The van der Waals surface area contributed by atoms with Crippen molar-refractivity contribution in [1.82, 2.24) is 0 Å². The molecule has 7 heavy (non-hydrogen) atoms. The summed E-state index contributed by atoms with van der Waals surface area (Å²) >= 11 is 0. The van der Waals surface area contributed by atoms with Crippen LogP contribution in [-0.2, 0) is 0 Å². The van der Waals surface area contributed by atoms with Gasteiger partial charge in [-0.2, -0.15) is 0 Å². The van der Waals surface area contributed by atoms with E-state index in [-0.39, 0.29) is 0 Å². The predicted molar refractivity (Wildman–Crippen MR) is 30.9 cm³/mol. The minimum Gasteiger partial charge on any atom is -0.399 e. The Hall–Kier alpha value is 0.0249. The van der Waals surface area contributed by atoms with Crippen LogP contribution in [0, 0.1) is 0 Å². The van der Waals surface area contributed by atoms with Crippen molar-refractivity contribution in [3.05, 3.63) is 0 Å². The minimum atomic E-state index is 0.750. The Morgan fingerprint density at radius 1 is 1.29 bits per heavy atom. The molecule has 38 valence electrons. The summed E-state index contributed by atoms with van der Waals surface area (Å²) < 4.78 is 0.750. The van der Waals surface area contributed by atoms with Gasteiger partial charge in [0.2, 0.25) is 0 Å². The van der Waals surface area contributed by atoms with Crippen molar-refractivity contribution in [3.8, 4) is 0 Å².